The molecule has 9 rings (SSSR count). The van der Waals surface area contributed by atoms with Crippen LogP contribution in [0.3, 0.4) is 0 Å². The van der Waals surface area contributed by atoms with Gasteiger partial charge in [0.25, 0.3) is 5.91 Å². The van der Waals surface area contributed by atoms with E-state index in [9.17, 15) is 33.9 Å². The number of amides is 5. The molecule has 18 N–H and O–H groups in total. The van der Waals surface area contributed by atoms with Gasteiger partial charge in [0.05, 0.1) is 0 Å². The first kappa shape index (κ1) is 66.4. The molecule has 0 unspecified atom stereocenters. The Hall–Kier alpha value is -8.52. The predicted octanol–water partition coefficient (Wildman–Crippen LogP) is 4.63. The van der Waals surface area contributed by atoms with Gasteiger partial charge < -0.3 is 70.3 Å². The topological polar surface area (TPSA) is 422 Å². The molecule has 2 aliphatic heterocycles. The second kappa shape index (κ2) is 32.1. The fourth-order valence-corrected chi connectivity index (χ4v) is 10.9. The Labute approximate surface area is 526 Å². The number of aliphatic carboxylic acids is 1. The van der Waals surface area contributed by atoms with Gasteiger partial charge in [-0.05, 0) is 147 Å². The van der Waals surface area contributed by atoms with Gasteiger partial charge in [0.15, 0.2) is 23.3 Å². The van der Waals surface area contributed by atoms with E-state index in [2.05, 4.69) is 36.6 Å². The number of aromatic nitrogens is 8. The molecule has 7 aromatic rings. The molecule has 26 heteroatoms. The number of rotatable bonds is 31. The van der Waals surface area contributed by atoms with Crippen LogP contribution >= 0.6 is 0 Å². The summed E-state index contributed by atoms with van der Waals surface area (Å²) in [6, 6.07) is 22.3. The minimum Gasteiger partial charge on any atom is -0.480 e. The number of unbranched alkanes of at least 4 members (excludes halogenated alkanes) is 5. The van der Waals surface area contributed by atoms with Crippen molar-refractivity contribution in [1.82, 2.24) is 66.5 Å². The standard InChI is InChI=1S/C63H78N18O7.Zn/c64-30-12-7-23-45(59(83)70-46(24-8-13-31-65)60(84)71-47(25-9-14-32-66)61(85)72-48(26-10-15-33-67)62(86)73-49(63(87)88)27-11-16-34-68)69-58(82)36-28-29-43-44(35-36)57-80-55-42-22-6-5-21-41(42)53(78-55)76-51-38-18-2-1-17-37(38)50(74-51)75-52-39-19-3-4-20-40(39)54(77-52)79-56(43)81-57;/h1-6,17-22,28-29,35,45-49H,7-16,23-27,30-34,64-68H2,(H,69,82)(H,70,83)(H,71,84)(H,72,85)(H,73,86)(H,87,88)(H2,74,75,76,77,78,79,80,81);/q;+2/t45-,46-,47-,48-,49-;/m0./s1. The third-order valence-electron chi connectivity index (χ3n) is 15.7. The normalized spacial score (nSPS) is 13.2. The summed E-state index contributed by atoms with van der Waals surface area (Å²) in [5.74, 6) is -3.04. The average molecular weight is 1260 g/mol. The quantitative estimate of drug-likeness (QED) is 0.0208. The van der Waals surface area contributed by atoms with Crippen molar-refractivity contribution in [2.24, 2.45) is 28.7 Å². The van der Waals surface area contributed by atoms with Gasteiger partial charge in [-0.25, -0.2) is 34.7 Å². The molecule has 89 heavy (non-hydrogen) atoms. The van der Waals surface area contributed by atoms with Gasteiger partial charge in [0.2, 0.25) is 23.6 Å². The molecule has 3 aromatic heterocycles. The van der Waals surface area contributed by atoms with Crippen LogP contribution in [0.25, 0.3) is 89.7 Å². The first-order valence-electron chi connectivity index (χ1n) is 30.3. The van der Waals surface area contributed by atoms with Crippen LogP contribution in [0.15, 0.2) is 91.0 Å². The number of fused-ring (bicyclic) bond motifs is 20. The summed E-state index contributed by atoms with van der Waals surface area (Å²) in [6.45, 7) is 1.63. The number of aromatic amines is 2. The minimum absolute atomic E-state index is 0. The Morgan fingerprint density at radius 3 is 1.00 bits per heavy atom. The monoisotopic (exact) mass is 1260 g/mol. The SMILES string of the molecule is NCCCC[C@H](NC(=O)[C@H](CCCCN)NC(=O)[C@H](CCCCN)NC(=O)[C@H](CCCCN)NC(=O)[C@H](CCCCN)NC(=O)c1ccc2c(c1)-c1nc-2nc2[nH]c(nc3nc(nc4[nH]c(n1)c1ccccc41)-c1ccccc1-3)c1ccccc21)C(=O)O.[Zn+2]. The summed E-state index contributed by atoms with van der Waals surface area (Å²) in [6.07, 6.45) is 5.55. The van der Waals surface area contributed by atoms with Crippen LogP contribution in [-0.2, 0) is 43.5 Å². The number of H-pyrrole nitrogens is 2. The summed E-state index contributed by atoms with van der Waals surface area (Å²) >= 11 is 0. The van der Waals surface area contributed by atoms with Crippen LogP contribution in [-0.4, -0.2) is 143 Å². The number of nitrogens with one attached hydrogen (secondary N) is 7. The third-order valence-corrected chi connectivity index (χ3v) is 15.7. The number of nitrogens with zero attached hydrogens (tertiary/aromatic N) is 6. The maximum absolute atomic E-state index is 14.7. The smallest absolute Gasteiger partial charge is 0.480 e. The number of carbonyl (C=O) groups excluding carboxylic acids is 5. The van der Waals surface area contributed by atoms with Crippen LogP contribution in [0.4, 0.5) is 0 Å². The summed E-state index contributed by atoms with van der Waals surface area (Å²) < 4.78 is 0. The van der Waals surface area contributed by atoms with Crippen molar-refractivity contribution >= 4 is 79.6 Å². The molecule has 0 saturated heterocycles. The number of hydrogen-bond acceptors (Lipinski definition) is 17. The first-order chi connectivity index (χ1) is 42.8. The third kappa shape index (κ3) is 16.4. The molecule has 25 nitrogen and oxygen atoms in total. The molecule has 8 bridgehead atoms. The molecule has 0 saturated carbocycles. The zero-order valence-corrected chi connectivity index (χ0v) is 52.8. The maximum atomic E-state index is 14.7. The predicted molar refractivity (Wildman–Crippen MR) is 337 cm³/mol. The number of carboxylic acids is 1. The van der Waals surface area contributed by atoms with E-state index in [-0.39, 0.29) is 63.0 Å². The van der Waals surface area contributed by atoms with E-state index in [0.717, 1.165) is 32.7 Å². The molecule has 5 heterocycles. The number of hydrogen-bond donors (Lipinski definition) is 13. The molecule has 0 radical (unpaired) electrons. The molecule has 2 aliphatic rings. The summed E-state index contributed by atoms with van der Waals surface area (Å²) in [4.78, 5) is 121. The summed E-state index contributed by atoms with van der Waals surface area (Å²) in [5, 5.41) is 27.0. The molecular weight excluding hydrogens is 1190 g/mol. The fourth-order valence-electron chi connectivity index (χ4n) is 10.9. The van der Waals surface area contributed by atoms with Crippen LogP contribution < -0.4 is 55.3 Å². The second-order valence-electron chi connectivity index (χ2n) is 22.0. The van der Waals surface area contributed by atoms with Crippen LogP contribution in [0.1, 0.15) is 107 Å². The Morgan fingerprint density at radius 1 is 0.371 bits per heavy atom. The molecule has 0 fully saturated rings. The van der Waals surface area contributed by atoms with Crippen molar-refractivity contribution in [2.45, 2.75) is 127 Å². The van der Waals surface area contributed by atoms with E-state index in [0.29, 0.717) is 148 Å². The maximum Gasteiger partial charge on any atom is 2.00 e. The number of carbonyl (C=O) groups is 6. The van der Waals surface area contributed by atoms with E-state index < -0.39 is 65.7 Å². The summed E-state index contributed by atoms with van der Waals surface area (Å²) in [7, 11) is 0. The Balaban J connectivity index is 0.0000102. The largest absolute Gasteiger partial charge is 2.00 e. The van der Waals surface area contributed by atoms with Crippen molar-refractivity contribution in [3.05, 3.63) is 96.6 Å². The van der Waals surface area contributed by atoms with Gasteiger partial charge in [-0.15, -0.1) is 0 Å². The molecule has 462 valence electrons. The average Bonchev–Trinajstić information content (AvgIpc) is 1.75. The summed E-state index contributed by atoms with van der Waals surface area (Å²) in [5.41, 5.74) is 33.9. The molecule has 0 aliphatic carbocycles. The van der Waals surface area contributed by atoms with Crippen LogP contribution in [0.2, 0.25) is 0 Å². The minimum atomic E-state index is -1.23. The van der Waals surface area contributed by atoms with E-state index in [4.69, 9.17) is 58.6 Å². The van der Waals surface area contributed by atoms with Crippen LogP contribution in [0.5, 0.6) is 0 Å². The zero-order valence-electron chi connectivity index (χ0n) is 49.9. The number of benzene rings is 4. The molecule has 5 atom stereocenters. The van der Waals surface area contributed by atoms with Crippen molar-refractivity contribution in [3.63, 3.8) is 0 Å². The molecule has 0 spiro atoms. The Kier molecular flexibility index (Phi) is 24.0. The first-order valence-corrected chi connectivity index (χ1v) is 30.3. The van der Waals surface area contributed by atoms with E-state index in [1.54, 1.807) is 18.2 Å². The molecule has 5 amide bonds. The van der Waals surface area contributed by atoms with E-state index in [1.165, 1.54) is 0 Å². The molecular formula is C63H78N18O7Zn+2. The zero-order chi connectivity index (χ0) is 62.1. The van der Waals surface area contributed by atoms with Crippen LogP contribution in [0, 0.1) is 0 Å². The van der Waals surface area contributed by atoms with Gasteiger partial charge in [-0.3, -0.25) is 24.0 Å². The van der Waals surface area contributed by atoms with Crippen molar-refractivity contribution < 1.29 is 53.4 Å². The van der Waals surface area contributed by atoms with Crippen molar-refractivity contribution in [1.29, 1.82) is 0 Å². The molecule has 4 aromatic carbocycles. The van der Waals surface area contributed by atoms with Gasteiger partial charge in [0, 0.05) is 49.4 Å². The van der Waals surface area contributed by atoms with Gasteiger partial charge in [0.1, 0.15) is 52.8 Å². The number of carboxylic acid groups (broad SMARTS) is 1. The second-order valence-corrected chi connectivity index (χ2v) is 22.0. The Bertz CT molecular complexity index is 3830. The fraction of sp³-hybridized carbons (Fsp3) is 0.397. The van der Waals surface area contributed by atoms with E-state index >= 15 is 0 Å². The van der Waals surface area contributed by atoms with Gasteiger partial charge in [-0.1, -0.05) is 72.8 Å². The van der Waals surface area contributed by atoms with Gasteiger partial charge >= 0.3 is 25.4 Å². The van der Waals surface area contributed by atoms with E-state index in [1.807, 2.05) is 72.8 Å². The number of nitrogens with two attached hydrogens (primary N) is 5. The van der Waals surface area contributed by atoms with Crippen molar-refractivity contribution in [2.75, 3.05) is 32.7 Å². The van der Waals surface area contributed by atoms with Gasteiger partial charge in [-0.2, -0.15) is 0 Å². The Morgan fingerprint density at radius 2 is 0.663 bits per heavy atom. The van der Waals surface area contributed by atoms with Crippen molar-refractivity contribution in [3.8, 4) is 45.6 Å².